The number of hydrogen-bond donors (Lipinski definition) is 0. The van der Waals surface area contributed by atoms with E-state index in [4.69, 9.17) is 9.47 Å². The smallest absolute Gasteiger partial charge is 0.122 e. The van der Waals surface area contributed by atoms with Gasteiger partial charge in [-0.3, -0.25) is 4.90 Å². The molecule has 5 heteroatoms. The molecule has 0 spiro atoms. The highest BCUT2D eigenvalue weighted by Gasteiger charge is 2.28. The molecule has 0 saturated heterocycles. The van der Waals surface area contributed by atoms with Crippen LogP contribution in [0, 0.1) is 0 Å². The number of rotatable bonds is 5. The van der Waals surface area contributed by atoms with Crippen molar-refractivity contribution >= 4 is 11.3 Å². The Hall–Kier alpha value is -2.24. The van der Waals surface area contributed by atoms with Gasteiger partial charge in [-0.25, -0.2) is 0 Å². The first kappa shape index (κ1) is 17.2. The molecule has 1 atom stereocenters. The Morgan fingerprint density at radius 1 is 1.04 bits per heavy atom. The predicted octanol–water partition coefficient (Wildman–Crippen LogP) is 4.56. The summed E-state index contributed by atoms with van der Waals surface area (Å²) in [6.45, 7) is 3.07. The number of benzene rings is 1. The van der Waals surface area contributed by atoms with Crippen LogP contribution < -0.4 is 9.47 Å². The van der Waals surface area contributed by atoms with Crippen LogP contribution in [0.1, 0.15) is 28.6 Å². The molecule has 4 rings (SSSR count). The van der Waals surface area contributed by atoms with Gasteiger partial charge in [0.1, 0.15) is 11.5 Å². The molecule has 0 saturated carbocycles. The van der Waals surface area contributed by atoms with Crippen molar-refractivity contribution in [2.75, 3.05) is 20.8 Å². The lowest BCUT2D eigenvalue weighted by molar-refractivity contribution is 0.221. The molecular formula is C21H24N2O2S. The van der Waals surface area contributed by atoms with Crippen molar-refractivity contribution in [2.45, 2.75) is 25.6 Å². The van der Waals surface area contributed by atoms with Gasteiger partial charge in [-0.05, 0) is 47.7 Å². The van der Waals surface area contributed by atoms with Crippen LogP contribution in [0.5, 0.6) is 11.5 Å². The number of aromatic nitrogens is 1. The Morgan fingerprint density at radius 3 is 2.54 bits per heavy atom. The van der Waals surface area contributed by atoms with Crippen LogP contribution in [-0.4, -0.2) is 30.2 Å². The third kappa shape index (κ3) is 3.37. The Morgan fingerprint density at radius 2 is 1.85 bits per heavy atom. The van der Waals surface area contributed by atoms with Gasteiger partial charge in [0, 0.05) is 42.5 Å². The van der Waals surface area contributed by atoms with Gasteiger partial charge in [0.15, 0.2) is 0 Å². The summed E-state index contributed by atoms with van der Waals surface area (Å²) in [7, 11) is 3.41. The van der Waals surface area contributed by atoms with Crippen molar-refractivity contribution in [2.24, 2.45) is 0 Å². The normalized spacial score (nSPS) is 17.5. The van der Waals surface area contributed by atoms with Crippen LogP contribution in [0.2, 0.25) is 0 Å². The van der Waals surface area contributed by atoms with Gasteiger partial charge in [0.2, 0.25) is 0 Å². The standard InChI is InChI=1S/C21H24N2O2S/c1-24-17-12-16(13-18(14-17)25-2)21-20-7-3-8-22(20)9-5-10-23(21)15-19-6-4-11-26-19/h3-4,6-8,11-14,21H,5,9-10,15H2,1-2H3. The second kappa shape index (κ2) is 7.56. The van der Waals surface area contributed by atoms with E-state index in [1.54, 1.807) is 14.2 Å². The molecule has 2 aromatic heterocycles. The average molecular weight is 369 g/mol. The van der Waals surface area contributed by atoms with E-state index in [2.05, 4.69) is 57.4 Å². The van der Waals surface area contributed by atoms with Gasteiger partial charge >= 0.3 is 0 Å². The van der Waals surface area contributed by atoms with Crippen molar-refractivity contribution in [3.05, 3.63) is 70.2 Å². The fraction of sp³-hybridized carbons (Fsp3) is 0.333. The summed E-state index contributed by atoms with van der Waals surface area (Å²) < 4.78 is 13.4. The molecule has 3 aromatic rings. The molecule has 0 radical (unpaired) electrons. The number of methoxy groups -OCH3 is 2. The maximum absolute atomic E-state index is 5.53. The zero-order valence-corrected chi connectivity index (χ0v) is 16.0. The molecule has 0 amide bonds. The van der Waals surface area contributed by atoms with Gasteiger partial charge in [0.05, 0.1) is 20.3 Å². The molecule has 136 valence electrons. The first-order valence-electron chi connectivity index (χ1n) is 8.93. The molecule has 1 aliphatic heterocycles. The second-order valence-corrected chi connectivity index (χ2v) is 7.61. The molecule has 4 nitrogen and oxygen atoms in total. The minimum atomic E-state index is 0.179. The monoisotopic (exact) mass is 368 g/mol. The van der Waals surface area contributed by atoms with E-state index in [0.717, 1.165) is 37.6 Å². The fourth-order valence-electron chi connectivity index (χ4n) is 3.78. The number of fused-ring (bicyclic) bond motifs is 1. The lowest BCUT2D eigenvalue weighted by atomic mass is 10.0. The van der Waals surface area contributed by atoms with Crippen molar-refractivity contribution in [3.63, 3.8) is 0 Å². The van der Waals surface area contributed by atoms with Gasteiger partial charge in [-0.1, -0.05) is 6.07 Å². The van der Waals surface area contributed by atoms with E-state index < -0.39 is 0 Å². The van der Waals surface area contributed by atoms with Crippen LogP contribution in [-0.2, 0) is 13.1 Å². The predicted molar refractivity (Wildman–Crippen MR) is 105 cm³/mol. The molecular weight excluding hydrogens is 344 g/mol. The highest BCUT2D eigenvalue weighted by atomic mass is 32.1. The Bertz CT molecular complexity index is 835. The zero-order chi connectivity index (χ0) is 17.9. The van der Waals surface area contributed by atoms with E-state index in [1.807, 2.05) is 17.4 Å². The molecule has 3 heterocycles. The number of nitrogens with zero attached hydrogens (tertiary/aromatic N) is 2. The molecule has 0 fully saturated rings. The van der Waals surface area contributed by atoms with E-state index in [-0.39, 0.29) is 6.04 Å². The van der Waals surface area contributed by atoms with Gasteiger partial charge < -0.3 is 14.0 Å². The highest BCUT2D eigenvalue weighted by molar-refractivity contribution is 7.09. The summed E-state index contributed by atoms with van der Waals surface area (Å²) in [5, 5.41) is 2.15. The van der Waals surface area contributed by atoms with E-state index >= 15 is 0 Å². The number of aryl methyl sites for hydroxylation is 1. The first-order valence-corrected chi connectivity index (χ1v) is 9.81. The molecule has 0 bridgehead atoms. The quantitative estimate of drug-likeness (QED) is 0.660. The van der Waals surface area contributed by atoms with E-state index in [1.165, 1.54) is 16.1 Å². The second-order valence-electron chi connectivity index (χ2n) is 6.58. The first-order chi connectivity index (χ1) is 12.8. The molecule has 0 aliphatic carbocycles. The van der Waals surface area contributed by atoms with E-state index in [9.17, 15) is 0 Å². The maximum atomic E-state index is 5.53. The number of thiophene rings is 1. The third-order valence-electron chi connectivity index (χ3n) is 4.98. The SMILES string of the molecule is COc1cc(OC)cc(C2c3cccn3CCCN2Cc2cccs2)c1. The molecule has 1 unspecified atom stereocenters. The summed E-state index contributed by atoms with van der Waals surface area (Å²) in [5.41, 5.74) is 2.54. The minimum Gasteiger partial charge on any atom is -0.497 e. The van der Waals surface area contributed by atoms with Gasteiger partial charge in [-0.2, -0.15) is 0 Å². The van der Waals surface area contributed by atoms with Gasteiger partial charge in [0.25, 0.3) is 0 Å². The Labute approximate surface area is 158 Å². The lowest BCUT2D eigenvalue weighted by Gasteiger charge is -2.30. The number of ether oxygens (including phenoxy) is 2. The topological polar surface area (TPSA) is 26.6 Å². The third-order valence-corrected chi connectivity index (χ3v) is 5.84. The average Bonchev–Trinajstić information content (AvgIpc) is 3.31. The van der Waals surface area contributed by atoms with Crippen molar-refractivity contribution in [1.82, 2.24) is 9.47 Å². The number of hydrogen-bond acceptors (Lipinski definition) is 4. The summed E-state index contributed by atoms with van der Waals surface area (Å²) in [6, 6.07) is 15.1. The Balaban J connectivity index is 1.79. The fourth-order valence-corrected chi connectivity index (χ4v) is 4.51. The summed E-state index contributed by atoms with van der Waals surface area (Å²) in [4.78, 5) is 3.96. The van der Waals surface area contributed by atoms with E-state index in [0.29, 0.717) is 0 Å². The Kier molecular flexibility index (Phi) is 5.00. The van der Waals surface area contributed by atoms with Crippen LogP contribution in [0.15, 0.2) is 54.0 Å². The van der Waals surface area contributed by atoms with Crippen molar-refractivity contribution < 1.29 is 9.47 Å². The zero-order valence-electron chi connectivity index (χ0n) is 15.2. The maximum Gasteiger partial charge on any atom is 0.122 e. The van der Waals surface area contributed by atoms with Crippen molar-refractivity contribution in [1.29, 1.82) is 0 Å². The molecule has 1 aromatic carbocycles. The highest BCUT2D eigenvalue weighted by Crippen LogP contribution is 2.37. The summed E-state index contributed by atoms with van der Waals surface area (Å²) in [5.74, 6) is 1.66. The van der Waals surface area contributed by atoms with Crippen molar-refractivity contribution in [3.8, 4) is 11.5 Å². The summed E-state index contributed by atoms with van der Waals surface area (Å²) >= 11 is 1.82. The molecule has 1 aliphatic rings. The molecule has 26 heavy (non-hydrogen) atoms. The van der Waals surface area contributed by atoms with Crippen LogP contribution in [0.4, 0.5) is 0 Å². The largest absolute Gasteiger partial charge is 0.497 e. The van der Waals surface area contributed by atoms with Crippen LogP contribution >= 0.6 is 11.3 Å². The molecule has 0 N–H and O–H groups in total. The van der Waals surface area contributed by atoms with Crippen LogP contribution in [0.3, 0.4) is 0 Å². The lowest BCUT2D eigenvalue weighted by Crippen LogP contribution is -2.29. The van der Waals surface area contributed by atoms with Gasteiger partial charge in [-0.15, -0.1) is 11.3 Å². The summed E-state index contributed by atoms with van der Waals surface area (Å²) in [6.07, 6.45) is 3.33. The minimum absolute atomic E-state index is 0.179. The van der Waals surface area contributed by atoms with Crippen LogP contribution in [0.25, 0.3) is 0 Å².